The first-order valence-corrected chi connectivity index (χ1v) is 8.00. The van der Waals surface area contributed by atoms with Crippen LogP contribution in [0.5, 0.6) is 0 Å². The van der Waals surface area contributed by atoms with Crippen molar-refractivity contribution in [3.05, 3.63) is 17.8 Å². The quantitative estimate of drug-likeness (QED) is 0.422. The number of nitrogens with zero attached hydrogens (tertiary/aromatic N) is 2. The van der Waals surface area contributed by atoms with Gasteiger partial charge in [-0.3, -0.25) is 4.99 Å². The number of guanidine groups is 1. The van der Waals surface area contributed by atoms with Gasteiger partial charge in [0.15, 0.2) is 5.96 Å². The molecule has 1 aliphatic heterocycles. The lowest BCUT2D eigenvalue weighted by Crippen LogP contribution is -2.38. The Kier molecular flexibility index (Phi) is 8.32. The van der Waals surface area contributed by atoms with E-state index in [-0.39, 0.29) is 29.4 Å². The third kappa shape index (κ3) is 6.66. The Morgan fingerprint density at radius 2 is 2.17 bits per heavy atom. The molecule has 2 rings (SSSR count). The Hall–Kier alpha value is -0.830. The van der Waals surface area contributed by atoms with E-state index >= 15 is 0 Å². The highest BCUT2D eigenvalue weighted by atomic mass is 127. The second-order valence-corrected chi connectivity index (χ2v) is 6.64. The van der Waals surface area contributed by atoms with Crippen LogP contribution in [0.15, 0.2) is 15.6 Å². The van der Waals surface area contributed by atoms with Gasteiger partial charge in [0, 0.05) is 25.6 Å². The van der Waals surface area contributed by atoms with Gasteiger partial charge in [0.25, 0.3) is 0 Å². The van der Waals surface area contributed by atoms with E-state index in [1.54, 1.807) is 13.2 Å². The van der Waals surface area contributed by atoms with Gasteiger partial charge in [-0.25, -0.2) is 4.98 Å². The normalized spacial score (nSPS) is 18.6. The van der Waals surface area contributed by atoms with Crippen LogP contribution in [0.25, 0.3) is 0 Å². The smallest absolute Gasteiger partial charge is 0.213 e. The van der Waals surface area contributed by atoms with Crippen molar-refractivity contribution in [3.63, 3.8) is 0 Å². The standard InChI is InChI=1S/C16H28N4O2.HI/c1-16(2,3)13-10-19-14(22-13)11-20-15(17-4)18-8-7-12-6-5-9-21-12;/h10,12H,5-9,11H2,1-4H3,(H2,17,18,20);1H. The Balaban J connectivity index is 0.00000264. The highest BCUT2D eigenvalue weighted by Gasteiger charge is 2.19. The van der Waals surface area contributed by atoms with Crippen LogP contribution >= 0.6 is 24.0 Å². The summed E-state index contributed by atoms with van der Waals surface area (Å²) in [5.41, 5.74) is -0.0214. The predicted octanol–water partition coefficient (Wildman–Crippen LogP) is 2.82. The topological polar surface area (TPSA) is 71.7 Å². The van der Waals surface area contributed by atoms with Crippen LogP contribution in [0.1, 0.15) is 51.7 Å². The first-order valence-electron chi connectivity index (χ1n) is 8.00. The monoisotopic (exact) mass is 436 g/mol. The molecule has 1 atom stereocenters. The number of oxazole rings is 1. The molecule has 0 saturated carbocycles. The number of rotatable bonds is 5. The van der Waals surface area contributed by atoms with Crippen molar-refractivity contribution in [2.24, 2.45) is 4.99 Å². The van der Waals surface area contributed by atoms with Gasteiger partial charge < -0.3 is 19.8 Å². The largest absolute Gasteiger partial charge is 0.443 e. The highest BCUT2D eigenvalue weighted by molar-refractivity contribution is 14.0. The number of hydrogen-bond acceptors (Lipinski definition) is 4. The molecule has 0 radical (unpaired) electrons. The van der Waals surface area contributed by atoms with Crippen molar-refractivity contribution in [3.8, 4) is 0 Å². The van der Waals surface area contributed by atoms with Crippen molar-refractivity contribution in [1.29, 1.82) is 0 Å². The van der Waals surface area contributed by atoms with E-state index in [0.717, 1.165) is 31.3 Å². The first-order chi connectivity index (χ1) is 10.5. The molecule has 1 fully saturated rings. The number of aliphatic imine (C=N–C) groups is 1. The Bertz CT molecular complexity index is 491. The average Bonchev–Trinajstić information content (AvgIpc) is 3.13. The summed E-state index contributed by atoms with van der Waals surface area (Å²) in [4.78, 5) is 8.51. The molecule has 1 aromatic rings. The number of aromatic nitrogens is 1. The Labute approximate surface area is 155 Å². The SMILES string of the molecule is CN=C(NCCC1CCCO1)NCc1ncc(C(C)(C)C)o1.I. The Morgan fingerprint density at radius 1 is 1.39 bits per heavy atom. The summed E-state index contributed by atoms with van der Waals surface area (Å²) in [6.45, 7) is 8.60. The van der Waals surface area contributed by atoms with Gasteiger partial charge in [-0.15, -0.1) is 24.0 Å². The molecule has 1 aliphatic rings. The van der Waals surface area contributed by atoms with Gasteiger partial charge >= 0.3 is 0 Å². The fourth-order valence-electron chi connectivity index (χ4n) is 2.34. The van der Waals surface area contributed by atoms with Gasteiger partial charge in [-0.05, 0) is 19.3 Å². The van der Waals surface area contributed by atoms with Crippen molar-refractivity contribution in [2.75, 3.05) is 20.2 Å². The summed E-state index contributed by atoms with van der Waals surface area (Å²) >= 11 is 0. The molecule has 0 spiro atoms. The summed E-state index contributed by atoms with van der Waals surface area (Å²) in [5.74, 6) is 2.33. The van der Waals surface area contributed by atoms with Crippen LogP contribution in [-0.4, -0.2) is 37.2 Å². The molecule has 0 aromatic carbocycles. The van der Waals surface area contributed by atoms with Crippen LogP contribution in [-0.2, 0) is 16.7 Å². The minimum atomic E-state index is -0.0214. The second-order valence-electron chi connectivity index (χ2n) is 6.64. The molecule has 0 bridgehead atoms. The van der Waals surface area contributed by atoms with Crippen LogP contribution < -0.4 is 10.6 Å². The van der Waals surface area contributed by atoms with E-state index in [2.05, 4.69) is 41.4 Å². The molecule has 2 heterocycles. The lowest BCUT2D eigenvalue weighted by atomic mass is 9.94. The fraction of sp³-hybridized carbons (Fsp3) is 0.750. The number of hydrogen-bond donors (Lipinski definition) is 2. The zero-order valence-electron chi connectivity index (χ0n) is 14.5. The van der Waals surface area contributed by atoms with E-state index in [1.807, 2.05) is 0 Å². The second kappa shape index (κ2) is 9.46. The number of halogens is 1. The molecular weight excluding hydrogens is 407 g/mol. The first kappa shape index (κ1) is 20.2. The van der Waals surface area contributed by atoms with Gasteiger partial charge in [-0.1, -0.05) is 20.8 Å². The summed E-state index contributed by atoms with van der Waals surface area (Å²) in [5, 5.41) is 6.51. The van der Waals surface area contributed by atoms with E-state index in [4.69, 9.17) is 9.15 Å². The predicted molar refractivity (Wildman–Crippen MR) is 102 cm³/mol. The molecule has 0 aliphatic carbocycles. The molecular formula is C16H29IN4O2. The van der Waals surface area contributed by atoms with Crippen LogP contribution in [0.3, 0.4) is 0 Å². The van der Waals surface area contributed by atoms with E-state index in [1.165, 1.54) is 12.8 Å². The van der Waals surface area contributed by atoms with Crippen molar-refractivity contribution in [1.82, 2.24) is 15.6 Å². The molecule has 1 saturated heterocycles. The van der Waals surface area contributed by atoms with Crippen LogP contribution in [0, 0.1) is 0 Å². The third-order valence-electron chi connectivity index (χ3n) is 3.71. The lowest BCUT2D eigenvalue weighted by molar-refractivity contribution is 0.105. The molecule has 0 amide bonds. The summed E-state index contributed by atoms with van der Waals surface area (Å²) in [6, 6.07) is 0. The molecule has 2 N–H and O–H groups in total. The summed E-state index contributed by atoms with van der Waals surface area (Å²) in [7, 11) is 1.76. The zero-order valence-corrected chi connectivity index (χ0v) is 16.8. The fourth-order valence-corrected chi connectivity index (χ4v) is 2.34. The van der Waals surface area contributed by atoms with Gasteiger partial charge in [0.05, 0.1) is 18.8 Å². The number of nitrogens with one attached hydrogen (secondary N) is 2. The van der Waals surface area contributed by atoms with E-state index < -0.39 is 0 Å². The molecule has 7 heteroatoms. The van der Waals surface area contributed by atoms with Crippen LogP contribution in [0.2, 0.25) is 0 Å². The molecule has 132 valence electrons. The Morgan fingerprint density at radius 3 is 2.74 bits per heavy atom. The van der Waals surface area contributed by atoms with E-state index in [0.29, 0.717) is 18.5 Å². The zero-order chi connectivity index (χ0) is 16.0. The number of ether oxygens (including phenoxy) is 1. The molecule has 1 aromatic heterocycles. The average molecular weight is 436 g/mol. The van der Waals surface area contributed by atoms with Gasteiger partial charge in [-0.2, -0.15) is 0 Å². The van der Waals surface area contributed by atoms with Crippen molar-refractivity contribution in [2.45, 2.75) is 58.1 Å². The third-order valence-corrected chi connectivity index (χ3v) is 3.71. The highest BCUT2D eigenvalue weighted by Crippen LogP contribution is 2.22. The minimum Gasteiger partial charge on any atom is -0.443 e. The summed E-state index contributed by atoms with van der Waals surface area (Å²) in [6.07, 6.45) is 5.54. The van der Waals surface area contributed by atoms with Crippen molar-refractivity contribution < 1.29 is 9.15 Å². The molecule has 6 nitrogen and oxygen atoms in total. The molecule has 23 heavy (non-hydrogen) atoms. The van der Waals surface area contributed by atoms with Crippen molar-refractivity contribution >= 4 is 29.9 Å². The van der Waals surface area contributed by atoms with Gasteiger partial charge in [0.2, 0.25) is 5.89 Å². The van der Waals surface area contributed by atoms with Gasteiger partial charge in [0.1, 0.15) is 5.76 Å². The maximum atomic E-state index is 5.75. The maximum Gasteiger partial charge on any atom is 0.213 e. The van der Waals surface area contributed by atoms with Crippen LogP contribution in [0.4, 0.5) is 0 Å². The molecule has 1 unspecified atom stereocenters. The lowest BCUT2D eigenvalue weighted by Gasteiger charge is -2.14. The minimum absolute atomic E-state index is 0. The summed E-state index contributed by atoms with van der Waals surface area (Å²) < 4.78 is 11.4. The maximum absolute atomic E-state index is 5.75. The van der Waals surface area contributed by atoms with E-state index in [9.17, 15) is 0 Å².